The summed E-state index contributed by atoms with van der Waals surface area (Å²) < 4.78 is 13.2. The molecule has 1 aliphatic heterocycles. The molecule has 1 aliphatic rings. The van der Waals surface area contributed by atoms with E-state index in [0.717, 1.165) is 32.4 Å². The molecule has 1 fully saturated rings. The van der Waals surface area contributed by atoms with Crippen LogP contribution in [-0.2, 0) is 4.79 Å². The van der Waals surface area contributed by atoms with Crippen LogP contribution in [0.5, 0.6) is 0 Å². The first-order valence-corrected chi connectivity index (χ1v) is 9.28. The standard InChI is InChI=1S/C21H24FN3O2.ClH/c22-17-4-2-6-19(14-17)25-21(27)16-3-1-5-18(13-16)24-20(26)8-7-15-9-11-23-12-10-15;/h1-6,13-15,23H,7-12H2,(H,24,26)(H,25,27);1H. The van der Waals surface area contributed by atoms with Crippen molar-refractivity contribution in [3.8, 4) is 0 Å². The van der Waals surface area contributed by atoms with Gasteiger partial charge in [-0.3, -0.25) is 9.59 Å². The van der Waals surface area contributed by atoms with E-state index in [9.17, 15) is 14.0 Å². The summed E-state index contributed by atoms with van der Waals surface area (Å²) in [5.74, 6) is -0.217. The van der Waals surface area contributed by atoms with Gasteiger partial charge in [0.1, 0.15) is 5.82 Å². The van der Waals surface area contributed by atoms with Crippen LogP contribution in [0.1, 0.15) is 36.0 Å². The fourth-order valence-corrected chi connectivity index (χ4v) is 3.24. The Kier molecular flexibility index (Phi) is 8.42. The Morgan fingerprint density at radius 3 is 2.39 bits per heavy atom. The Labute approximate surface area is 170 Å². The van der Waals surface area contributed by atoms with Gasteiger partial charge in [-0.25, -0.2) is 4.39 Å². The molecule has 2 amide bonds. The lowest BCUT2D eigenvalue weighted by molar-refractivity contribution is -0.116. The summed E-state index contributed by atoms with van der Waals surface area (Å²) in [7, 11) is 0. The number of piperidine rings is 1. The molecule has 0 aromatic heterocycles. The van der Waals surface area contributed by atoms with Crippen LogP contribution in [0, 0.1) is 11.7 Å². The molecule has 0 saturated carbocycles. The fraction of sp³-hybridized carbons (Fsp3) is 0.333. The second-order valence-corrected chi connectivity index (χ2v) is 6.83. The molecule has 0 bridgehead atoms. The van der Waals surface area contributed by atoms with Crippen LogP contribution < -0.4 is 16.0 Å². The second-order valence-electron chi connectivity index (χ2n) is 6.83. The highest BCUT2D eigenvalue weighted by Gasteiger charge is 2.15. The van der Waals surface area contributed by atoms with Crippen LogP contribution >= 0.6 is 12.4 Å². The molecule has 5 nitrogen and oxygen atoms in total. The number of hydrogen-bond acceptors (Lipinski definition) is 3. The van der Waals surface area contributed by atoms with Crippen molar-refractivity contribution in [1.29, 1.82) is 0 Å². The van der Waals surface area contributed by atoms with Gasteiger partial charge in [0.05, 0.1) is 0 Å². The van der Waals surface area contributed by atoms with E-state index in [0.29, 0.717) is 29.3 Å². The van der Waals surface area contributed by atoms with Crippen LogP contribution in [0.25, 0.3) is 0 Å². The number of halogens is 2. The van der Waals surface area contributed by atoms with Gasteiger partial charge >= 0.3 is 0 Å². The molecule has 1 heterocycles. The predicted molar refractivity (Wildman–Crippen MR) is 112 cm³/mol. The highest BCUT2D eigenvalue weighted by Crippen LogP contribution is 2.19. The van der Waals surface area contributed by atoms with Gasteiger partial charge in [0.15, 0.2) is 0 Å². The van der Waals surface area contributed by atoms with Gasteiger partial charge in [0, 0.05) is 23.4 Å². The predicted octanol–water partition coefficient (Wildman–Crippen LogP) is 4.22. The molecule has 1 saturated heterocycles. The summed E-state index contributed by atoms with van der Waals surface area (Å²) in [4.78, 5) is 24.5. The van der Waals surface area contributed by atoms with Crippen LogP contribution in [0.2, 0.25) is 0 Å². The maximum absolute atomic E-state index is 13.2. The maximum atomic E-state index is 13.2. The molecule has 7 heteroatoms. The van der Waals surface area contributed by atoms with Crippen molar-refractivity contribution in [2.45, 2.75) is 25.7 Å². The van der Waals surface area contributed by atoms with Crippen molar-refractivity contribution in [3.63, 3.8) is 0 Å². The maximum Gasteiger partial charge on any atom is 0.255 e. The molecule has 0 radical (unpaired) electrons. The lowest BCUT2D eigenvalue weighted by Crippen LogP contribution is -2.28. The molecule has 0 spiro atoms. The van der Waals surface area contributed by atoms with Crippen LogP contribution in [0.15, 0.2) is 48.5 Å². The monoisotopic (exact) mass is 405 g/mol. The molecular weight excluding hydrogens is 381 g/mol. The Balaban J connectivity index is 0.00000280. The Morgan fingerprint density at radius 1 is 1.00 bits per heavy atom. The number of hydrogen-bond donors (Lipinski definition) is 3. The zero-order chi connectivity index (χ0) is 19.1. The van der Waals surface area contributed by atoms with Gasteiger partial charge in [-0.1, -0.05) is 12.1 Å². The number of carbonyl (C=O) groups excluding carboxylic acids is 2. The normalized spacial score (nSPS) is 14.0. The third kappa shape index (κ3) is 6.62. The van der Waals surface area contributed by atoms with Gasteiger partial charge in [0.2, 0.25) is 5.91 Å². The average molecular weight is 406 g/mol. The molecule has 28 heavy (non-hydrogen) atoms. The van der Waals surface area contributed by atoms with Crippen molar-refractivity contribution in [2.24, 2.45) is 5.92 Å². The molecule has 0 aliphatic carbocycles. The highest BCUT2D eigenvalue weighted by atomic mass is 35.5. The van der Waals surface area contributed by atoms with Gasteiger partial charge in [0.25, 0.3) is 5.91 Å². The van der Waals surface area contributed by atoms with E-state index in [4.69, 9.17) is 0 Å². The minimum absolute atomic E-state index is 0. The largest absolute Gasteiger partial charge is 0.326 e. The number of anilines is 2. The topological polar surface area (TPSA) is 70.2 Å². The smallest absolute Gasteiger partial charge is 0.255 e. The van der Waals surface area contributed by atoms with Crippen molar-refractivity contribution in [2.75, 3.05) is 23.7 Å². The quantitative estimate of drug-likeness (QED) is 0.674. The molecule has 3 N–H and O–H groups in total. The van der Waals surface area contributed by atoms with Crippen molar-refractivity contribution < 1.29 is 14.0 Å². The number of rotatable bonds is 6. The van der Waals surface area contributed by atoms with Crippen LogP contribution in [0.4, 0.5) is 15.8 Å². The third-order valence-corrected chi connectivity index (χ3v) is 4.73. The molecule has 0 unspecified atom stereocenters. The Hall–Kier alpha value is -2.44. The van der Waals surface area contributed by atoms with Gasteiger partial charge in [-0.2, -0.15) is 0 Å². The molecule has 3 rings (SSSR count). The van der Waals surface area contributed by atoms with E-state index >= 15 is 0 Å². The Morgan fingerprint density at radius 2 is 1.68 bits per heavy atom. The summed E-state index contributed by atoms with van der Waals surface area (Å²) >= 11 is 0. The van der Waals surface area contributed by atoms with E-state index in [1.54, 1.807) is 30.3 Å². The van der Waals surface area contributed by atoms with E-state index in [1.165, 1.54) is 18.2 Å². The van der Waals surface area contributed by atoms with Crippen molar-refractivity contribution >= 4 is 35.6 Å². The third-order valence-electron chi connectivity index (χ3n) is 4.73. The number of benzene rings is 2. The molecule has 2 aromatic carbocycles. The summed E-state index contributed by atoms with van der Waals surface area (Å²) in [6.07, 6.45) is 3.59. The van der Waals surface area contributed by atoms with Crippen LogP contribution in [-0.4, -0.2) is 24.9 Å². The van der Waals surface area contributed by atoms with Crippen molar-refractivity contribution in [3.05, 3.63) is 59.9 Å². The minimum Gasteiger partial charge on any atom is -0.326 e. The minimum atomic E-state index is -0.414. The molecule has 0 atom stereocenters. The summed E-state index contributed by atoms with van der Waals surface area (Å²) in [5, 5.41) is 8.83. The molecular formula is C21H25ClFN3O2. The van der Waals surface area contributed by atoms with Gasteiger partial charge in [-0.05, 0) is 74.7 Å². The molecule has 2 aromatic rings. The lowest BCUT2D eigenvalue weighted by atomic mass is 9.93. The average Bonchev–Trinajstić information content (AvgIpc) is 2.67. The first-order valence-electron chi connectivity index (χ1n) is 9.28. The van der Waals surface area contributed by atoms with Gasteiger partial charge in [-0.15, -0.1) is 12.4 Å². The van der Waals surface area contributed by atoms with Crippen LogP contribution in [0.3, 0.4) is 0 Å². The lowest BCUT2D eigenvalue weighted by Gasteiger charge is -2.22. The number of carbonyl (C=O) groups is 2. The summed E-state index contributed by atoms with van der Waals surface area (Å²) in [6.45, 7) is 2.05. The first-order chi connectivity index (χ1) is 13.1. The van der Waals surface area contributed by atoms with Gasteiger partial charge < -0.3 is 16.0 Å². The highest BCUT2D eigenvalue weighted by molar-refractivity contribution is 6.05. The number of amides is 2. The molecule has 150 valence electrons. The second kappa shape index (κ2) is 10.8. The van der Waals surface area contributed by atoms with Crippen molar-refractivity contribution in [1.82, 2.24) is 5.32 Å². The fourth-order valence-electron chi connectivity index (χ4n) is 3.24. The Bertz CT molecular complexity index is 810. The van der Waals surface area contributed by atoms with E-state index in [2.05, 4.69) is 16.0 Å². The zero-order valence-corrected chi connectivity index (χ0v) is 16.4. The first kappa shape index (κ1) is 21.9. The van der Waals surface area contributed by atoms with E-state index < -0.39 is 5.82 Å². The zero-order valence-electron chi connectivity index (χ0n) is 15.5. The summed E-state index contributed by atoms with van der Waals surface area (Å²) in [5.41, 5.74) is 1.36. The van der Waals surface area contributed by atoms with E-state index in [-0.39, 0.29) is 24.2 Å². The SMILES string of the molecule is Cl.O=C(CCC1CCNCC1)Nc1cccc(C(=O)Nc2cccc(F)c2)c1. The van der Waals surface area contributed by atoms with E-state index in [1.807, 2.05) is 0 Å². The summed E-state index contributed by atoms with van der Waals surface area (Å²) in [6, 6.07) is 12.5. The number of nitrogens with one attached hydrogen (secondary N) is 3.